The molecule has 1 N–H and O–H groups in total. The van der Waals surface area contributed by atoms with Crippen molar-refractivity contribution in [3.05, 3.63) is 88.8 Å². The molecule has 3 aliphatic rings. The van der Waals surface area contributed by atoms with Crippen molar-refractivity contribution in [3.8, 4) is 11.5 Å². The highest BCUT2D eigenvalue weighted by molar-refractivity contribution is 6.29. The van der Waals surface area contributed by atoms with Crippen LogP contribution in [0.15, 0.2) is 60.6 Å². The minimum absolute atomic E-state index is 0.0365. The first kappa shape index (κ1) is 29.3. The van der Waals surface area contributed by atoms with Crippen LogP contribution in [0, 0.1) is 5.82 Å². The molecule has 0 saturated carbocycles. The number of rotatable bonds is 10. The van der Waals surface area contributed by atoms with Crippen LogP contribution < -0.4 is 15.0 Å². The Bertz CT molecular complexity index is 1560. The number of hydrogen-bond acceptors (Lipinski definition) is 7. The molecule has 10 heteroatoms. The Labute approximate surface area is 255 Å². The average molecular weight is 604 g/mol. The number of ether oxygens (including phenoxy) is 1. The monoisotopic (exact) mass is 603 g/mol. The van der Waals surface area contributed by atoms with Gasteiger partial charge < -0.3 is 19.9 Å². The number of halogens is 2. The van der Waals surface area contributed by atoms with Crippen LogP contribution in [0.4, 0.5) is 10.1 Å². The summed E-state index contributed by atoms with van der Waals surface area (Å²) < 4.78 is 22.4. The molecule has 43 heavy (non-hydrogen) atoms. The van der Waals surface area contributed by atoms with Crippen LogP contribution in [-0.2, 0) is 4.79 Å². The molecule has 1 aliphatic carbocycles. The highest BCUT2D eigenvalue weighted by Gasteiger charge is 2.41. The van der Waals surface area contributed by atoms with E-state index in [-0.39, 0.29) is 17.1 Å². The quantitative estimate of drug-likeness (QED) is 0.179. The molecule has 0 radical (unpaired) electrons. The molecule has 3 unspecified atom stereocenters. The molecular weight excluding hydrogens is 569 g/mol. The molecular formula is C33H35ClFN5O3. The number of carbonyl (C=O) groups excluding carboxylic acids is 2. The Balaban J connectivity index is 1.30. The van der Waals surface area contributed by atoms with Gasteiger partial charge in [-0.05, 0) is 51.0 Å². The second kappa shape index (κ2) is 12.4. The predicted octanol–water partition coefficient (Wildman–Crippen LogP) is 5.77. The molecule has 3 aromatic rings. The summed E-state index contributed by atoms with van der Waals surface area (Å²) in [5.41, 5.74) is 2.06. The van der Waals surface area contributed by atoms with Gasteiger partial charge in [-0.25, -0.2) is 4.39 Å². The Morgan fingerprint density at radius 2 is 2.07 bits per heavy atom. The van der Waals surface area contributed by atoms with Crippen molar-refractivity contribution in [1.82, 2.24) is 20.2 Å². The number of fused-ring (bicyclic) bond motifs is 2. The van der Waals surface area contributed by atoms with Gasteiger partial charge in [0.2, 0.25) is 0 Å². The lowest BCUT2D eigenvalue weighted by molar-refractivity contribution is -0.117. The minimum atomic E-state index is -0.632. The summed E-state index contributed by atoms with van der Waals surface area (Å²) in [6, 6.07) is 8.74. The number of para-hydroxylation sites is 1. The fraction of sp³-hybridized carbons (Fsp3) is 0.394. The highest BCUT2D eigenvalue weighted by atomic mass is 35.5. The van der Waals surface area contributed by atoms with Crippen LogP contribution in [0.2, 0.25) is 0 Å². The number of Topliss-reactive ketones (excluding diaryl/α,β-unsaturated/α-hetero) is 1. The Kier molecular flexibility index (Phi) is 8.45. The number of nitrogens with one attached hydrogen (secondary N) is 1. The summed E-state index contributed by atoms with van der Waals surface area (Å²) in [4.78, 5) is 40.1. The van der Waals surface area contributed by atoms with Crippen LogP contribution in [0.3, 0.4) is 0 Å². The number of alkyl halides is 1. The normalized spacial score (nSPS) is 19.4. The molecule has 1 fully saturated rings. The van der Waals surface area contributed by atoms with Crippen molar-refractivity contribution in [1.29, 1.82) is 0 Å². The fourth-order valence-electron chi connectivity index (χ4n) is 6.41. The van der Waals surface area contributed by atoms with Crippen molar-refractivity contribution in [2.24, 2.45) is 0 Å². The SMILES string of the molecule is CCN(CC)CCCC(Cl)NC(=O)C1=CC2c3ccccc3Oc3c2c(cc(F)c3N2CCC(c3cnccn3)C2)C1=O. The number of anilines is 1. The summed E-state index contributed by atoms with van der Waals surface area (Å²) in [5.74, 6) is -1.12. The zero-order valence-electron chi connectivity index (χ0n) is 24.4. The van der Waals surface area contributed by atoms with E-state index in [1.807, 2.05) is 29.2 Å². The van der Waals surface area contributed by atoms with E-state index >= 15 is 4.39 Å². The van der Waals surface area contributed by atoms with Gasteiger partial charge in [-0.1, -0.05) is 49.7 Å². The summed E-state index contributed by atoms with van der Waals surface area (Å²) >= 11 is 6.49. The average Bonchev–Trinajstić information content (AvgIpc) is 3.50. The molecule has 2 aliphatic heterocycles. The number of hydrogen-bond donors (Lipinski definition) is 1. The largest absolute Gasteiger partial charge is 0.454 e. The lowest BCUT2D eigenvalue weighted by Gasteiger charge is -2.35. The minimum Gasteiger partial charge on any atom is -0.454 e. The van der Waals surface area contributed by atoms with E-state index in [9.17, 15) is 9.59 Å². The number of allylic oxidation sites excluding steroid dienone is 1. The van der Waals surface area contributed by atoms with Crippen molar-refractivity contribution in [3.63, 3.8) is 0 Å². The second-order valence-electron chi connectivity index (χ2n) is 11.2. The van der Waals surface area contributed by atoms with Gasteiger partial charge in [0.15, 0.2) is 17.3 Å². The smallest absolute Gasteiger partial charge is 0.256 e. The van der Waals surface area contributed by atoms with Gasteiger partial charge in [0.05, 0.1) is 11.3 Å². The van der Waals surface area contributed by atoms with Crippen LogP contribution in [0.25, 0.3) is 0 Å². The predicted molar refractivity (Wildman–Crippen MR) is 164 cm³/mol. The van der Waals surface area contributed by atoms with E-state index in [4.69, 9.17) is 16.3 Å². The third-order valence-corrected chi connectivity index (χ3v) is 9.04. The topological polar surface area (TPSA) is 87.7 Å². The Hall–Kier alpha value is -3.82. The molecule has 3 heterocycles. The van der Waals surface area contributed by atoms with Crippen LogP contribution >= 0.6 is 11.6 Å². The van der Waals surface area contributed by atoms with Crippen LogP contribution in [-0.4, -0.2) is 64.8 Å². The summed E-state index contributed by atoms with van der Waals surface area (Å²) in [7, 11) is 0. The molecule has 0 spiro atoms. The maximum absolute atomic E-state index is 16.1. The first-order valence-corrected chi connectivity index (χ1v) is 15.4. The lowest BCUT2D eigenvalue weighted by atomic mass is 9.77. The highest BCUT2D eigenvalue weighted by Crippen LogP contribution is 2.54. The summed E-state index contributed by atoms with van der Waals surface area (Å²) in [6.45, 7) is 8.13. The van der Waals surface area contributed by atoms with Gasteiger partial charge in [0, 0.05) is 60.2 Å². The first-order chi connectivity index (χ1) is 20.9. The molecule has 1 saturated heterocycles. The maximum Gasteiger partial charge on any atom is 0.256 e. The van der Waals surface area contributed by atoms with Gasteiger partial charge in [-0.2, -0.15) is 0 Å². The maximum atomic E-state index is 16.1. The molecule has 1 amide bonds. The number of aromatic nitrogens is 2. The van der Waals surface area contributed by atoms with Gasteiger partial charge >= 0.3 is 0 Å². The standard InChI is InChI=1S/C33H35ClFN5O3/c1-3-39(4-2)14-7-10-28(34)38-33(42)24-16-22-21-8-5-6-9-27(21)43-32-29(22)23(31(24)41)17-25(35)30(32)40-15-11-20(19-40)26-18-36-12-13-37-26/h5-6,8-9,12-13,16-18,20,22,28H,3-4,7,10-11,14-15,19H2,1-2H3,(H,38,42). The molecule has 0 bridgehead atoms. The third kappa shape index (κ3) is 5.63. The van der Waals surface area contributed by atoms with Crippen LogP contribution in [0.1, 0.15) is 72.1 Å². The van der Waals surface area contributed by atoms with Crippen LogP contribution in [0.5, 0.6) is 11.5 Å². The van der Waals surface area contributed by atoms with Gasteiger partial charge in [-0.15, -0.1) is 0 Å². The van der Waals surface area contributed by atoms with E-state index in [1.165, 1.54) is 6.07 Å². The zero-order valence-corrected chi connectivity index (χ0v) is 25.1. The molecule has 3 atom stereocenters. The lowest BCUT2D eigenvalue weighted by Crippen LogP contribution is -2.37. The van der Waals surface area contributed by atoms with E-state index in [0.29, 0.717) is 42.3 Å². The zero-order chi connectivity index (χ0) is 30.1. The summed E-state index contributed by atoms with van der Waals surface area (Å²) in [6.07, 6.45) is 8.88. The van der Waals surface area contributed by atoms with Crippen molar-refractivity contribution < 1.29 is 18.7 Å². The van der Waals surface area contributed by atoms with E-state index in [1.54, 1.807) is 24.7 Å². The van der Waals surface area contributed by atoms with Gasteiger partial charge in [0.1, 0.15) is 16.9 Å². The van der Waals surface area contributed by atoms with Crippen molar-refractivity contribution in [2.45, 2.75) is 50.4 Å². The first-order valence-electron chi connectivity index (χ1n) is 15.0. The number of carbonyl (C=O) groups is 2. The molecule has 6 rings (SSSR count). The Morgan fingerprint density at radius 3 is 2.84 bits per heavy atom. The molecule has 2 aromatic carbocycles. The summed E-state index contributed by atoms with van der Waals surface area (Å²) in [5, 5.41) is 2.79. The van der Waals surface area contributed by atoms with Gasteiger partial charge in [-0.3, -0.25) is 19.6 Å². The Morgan fingerprint density at radius 1 is 1.26 bits per heavy atom. The fourth-order valence-corrected chi connectivity index (χ4v) is 6.67. The molecule has 224 valence electrons. The number of amides is 1. The van der Waals surface area contributed by atoms with Gasteiger partial charge in [0.25, 0.3) is 5.91 Å². The number of benzene rings is 2. The molecule has 8 nitrogen and oxygen atoms in total. The molecule has 1 aromatic heterocycles. The third-order valence-electron chi connectivity index (χ3n) is 8.71. The van der Waals surface area contributed by atoms with Crippen molar-refractivity contribution in [2.75, 3.05) is 37.6 Å². The van der Waals surface area contributed by atoms with E-state index in [2.05, 4.69) is 34.0 Å². The van der Waals surface area contributed by atoms with Crippen molar-refractivity contribution >= 4 is 29.0 Å². The number of ketones is 1. The van der Waals surface area contributed by atoms with E-state index < -0.39 is 28.9 Å². The second-order valence-corrected chi connectivity index (χ2v) is 11.7. The van der Waals surface area contributed by atoms with E-state index in [0.717, 1.165) is 43.7 Å². The number of nitrogens with zero attached hydrogens (tertiary/aromatic N) is 4.